The number of carbonyl (C=O) groups is 1. The van der Waals surface area contributed by atoms with Gasteiger partial charge < -0.3 is 19.7 Å². The van der Waals surface area contributed by atoms with E-state index in [4.69, 9.17) is 9.47 Å². The van der Waals surface area contributed by atoms with Gasteiger partial charge in [0.05, 0.1) is 10.6 Å². The van der Waals surface area contributed by atoms with E-state index >= 15 is 0 Å². The third-order valence-corrected chi connectivity index (χ3v) is 9.49. The van der Waals surface area contributed by atoms with Crippen molar-refractivity contribution in [2.45, 2.75) is 29.6 Å². The molecule has 3 aromatic rings. The SMILES string of the molecule is O=C(Nc1ccc2c(c1)OCCO2)N1CCC2(CC1)CN(S(=O)(=O)c1ccc(C(F)F)cc1)c1ccccc12. The van der Waals surface area contributed by atoms with Crippen molar-refractivity contribution in [3.8, 4) is 11.5 Å². The third-order valence-electron chi connectivity index (χ3n) is 7.71. The van der Waals surface area contributed by atoms with Crippen LogP contribution in [-0.2, 0) is 15.4 Å². The second kappa shape index (κ2) is 9.71. The van der Waals surface area contributed by atoms with Crippen molar-refractivity contribution < 1.29 is 31.5 Å². The number of fused-ring (bicyclic) bond motifs is 3. The fourth-order valence-corrected chi connectivity index (χ4v) is 7.17. The summed E-state index contributed by atoms with van der Waals surface area (Å²) in [6, 6.07) is 17.2. The average molecular weight is 556 g/mol. The molecule has 8 nitrogen and oxygen atoms in total. The summed E-state index contributed by atoms with van der Waals surface area (Å²) >= 11 is 0. The Morgan fingerprint density at radius 1 is 0.923 bits per heavy atom. The monoisotopic (exact) mass is 555 g/mol. The maximum atomic E-state index is 13.6. The Labute approximate surface area is 225 Å². The van der Waals surface area contributed by atoms with E-state index in [1.165, 1.54) is 16.4 Å². The van der Waals surface area contributed by atoms with Crippen LogP contribution < -0.4 is 19.1 Å². The summed E-state index contributed by atoms with van der Waals surface area (Å²) in [7, 11) is -3.97. The number of likely N-dealkylation sites (tertiary alicyclic amines) is 1. The molecule has 0 bridgehead atoms. The van der Waals surface area contributed by atoms with Gasteiger partial charge in [-0.2, -0.15) is 0 Å². The predicted molar refractivity (Wildman–Crippen MR) is 141 cm³/mol. The van der Waals surface area contributed by atoms with Gasteiger partial charge in [-0.1, -0.05) is 30.3 Å². The van der Waals surface area contributed by atoms with Gasteiger partial charge >= 0.3 is 6.03 Å². The minimum Gasteiger partial charge on any atom is -0.486 e. The van der Waals surface area contributed by atoms with E-state index < -0.39 is 21.9 Å². The van der Waals surface area contributed by atoms with Crippen molar-refractivity contribution in [2.24, 2.45) is 0 Å². The topological polar surface area (TPSA) is 88.2 Å². The van der Waals surface area contributed by atoms with E-state index in [2.05, 4.69) is 5.32 Å². The number of anilines is 2. The lowest BCUT2D eigenvalue weighted by Gasteiger charge is -2.39. The van der Waals surface area contributed by atoms with Gasteiger partial charge in [0.2, 0.25) is 0 Å². The van der Waals surface area contributed by atoms with Crippen LogP contribution in [0, 0.1) is 0 Å². The van der Waals surface area contributed by atoms with Gasteiger partial charge in [-0.05, 0) is 48.7 Å². The van der Waals surface area contributed by atoms with Gasteiger partial charge in [0.25, 0.3) is 16.4 Å². The van der Waals surface area contributed by atoms with E-state index in [1.807, 2.05) is 12.1 Å². The molecule has 11 heteroatoms. The number of amides is 2. The molecule has 204 valence electrons. The molecule has 1 spiro atoms. The number of hydrogen-bond donors (Lipinski definition) is 1. The first-order chi connectivity index (χ1) is 18.8. The number of sulfonamides is 1. The zero-order valence-corrected chi connectivity index (χ0v) is 21.8. The number of nitrogens with one attached hydrogen (secondary N) is 1. The van der Waals surface area contributed by atoms with Gasteiger partial charge in [-0.3, -0.25) is 4.31 Å². The maximum absolute atomic E-state index is 13.6. The van der Waals surface area contributed by atoms with Crippen molar-refractivity contribution in [2.75, 3.05) is 42.5 Å². The zero-order valence-electron chi connectivity index (χ0n) is 21.0. The fraction of sp³-hybridized carbons (Fsp3) is 0.321. The molecule has 1 N–H and O–H groups in total. The summed E-state index contributed by atoms with van der Waals surface area (Å²) in [5, 5.41) is 2.92. The molecular weight excluding hydrogens is 528 g/mol. The number of piperidine rings is 1. The highest BCUT2D eigenvalue weighted by Gasteiger charge is 2.48. The maximum Gasteiger partial charge on any atom is 0.321 e. The molecule has 3 aliphatic heterocycles. The van der Waals surface area contributed by atoms with Crippen molar-refractivity contribution >= 4 is 27.4 Å². The van der Waals surface area contributed by atoms with Crippen LogP contribution in [-0.4, -0.2) is 52.2 Å². The number of ether oxygens (including phenoxy) is 2. The van der Waals surface area contributed by atoms with Crippen molar-refractivity contribution in [1.29, 1.82) is 0 Å². The quantitative estimate of drug-likeness (QED) is 0.480. The number of urea groups is 1. The number of hydrogen-bond acceptors (Lipinski definition) is 5. The first kappa shape index (κ1) is 25.4. The van der Waals surface area contributed by atoms with Gasteiger partial charge in [0.1, 0.15) is 13.2 Å². The second-order valence-corrected chi connectivity index (χ2v) is 11.8. The Kier molecular flexibility index (Phi) is 6.33. The Hall–Kier alpha value is -3.86. The van der Waals surface area contributed by atoms with Gasteiger partial charge in [-0.25, -0.2) is 22.0 Å². The summed E-state index contributed by atoms with van der Waals surface area (Å²) in [6.45, 7) is 2.06. The Bertz CT molecular complexity index is 1510. The van der Waals surface area contributed by atoms with E-state index in [9.17, 15) is 22.0 Å². The smallest absolute Gasteiger partial charge is 0.321 e. The first-order valence-electron chi connectivity index (χ1n) is 12.7. The van der Waals surface area contributed by atoms with Crippen molar-refractivity contribution in [1.82, 2.24) is 4.90 Å². The highest BCUT2D eigenvalue weighted by atomic mass is 32.2. The number of rotatable bonds is 4. The van der Waals surface area contributed by atoms with E-state index in [1.54, 1.807) is 35.2 Å². The molecule has 2 amide bonds. The zero-order chi connectivity index (χ0) is 27.2. The molecule has 0 aliphatic carbocycles. The molecule has 39 heavy (non-hydrogen) atoms. The van der Waals surface area contributed by atoms with Gasteiger partial charge in [-0.15, -0.1) is 0 Å². The summed E-state index contributed by atoms with van der Waals surface area (Å²) in [5.41, 5.74) is 1.43. The lowest BCUT2D eigenvalue weighted by molar-refractivity contribution is 0.151. The Morgan fingerprint density at radius 3 is 2.33 bits per heavy atom. The normalized spacial score (nSPS) is 17.8. The number of alkyl halides is 2. The largest absolute Gasteiger partial charge is 0.486 e. The number of benzene rings is 3. The summed E-state index contributed by atoms with van der Waals surface area (Å²) in [4.78, 5) is 14.7. The molecule has 0 unspecified atom stereocenters. The van der Waals surface area contributed by atoms with Crippen LogP contribution in [0.25, 0.3) is 0 Å². The fourth-order valence-electron chi connectivity index (χ4n) is 5.60. The number of halogens is 2. The van der Waals surface area contributed by atoms with Crippen molar-refractivity contribution in [3.63, 3.8) is 0 Å². The van der Waals surface area contributed by atoms with Crippen LogP contribution in [0.2, 0.25) is 0 Å². The van der Waals surface area contributed by atoms with E-state index in [0.29, 0.717) is 62.0 Å². The minimum absolute atomic E-state index is 0.0324. The molecule has 3 aliphatic rings. The predicted octanol–water partition coefficient (Wildman–Crippen LogP) is 5.17. The van der Waals surface area contributed by atoms with Crippen LogP contribution in [0.15, 0.2) is 71.6 Å². The third kappa shape index (κ3) is 4.54. The first-order valence-corrected chi connectivity index (χ1v) is 14.2. The standard InChI is InChI=1S/C28H27F2N3O5S/c29-26(30)19-5-8-21(9-6-19)39(35,36)33-18-28(22-3-1-2-4-23(22)33)11-13-32(14-12-28)27(34)31-20-7-10-24-25(17-20)38-16-15-37-24/h1-10,17,26H,11-16,18H2,(H,31,34). The molecule has 0 saturated carbocycles. The number of carbonyl (C=O) groups excluding carboxylic acids is 1. The van der Waals surface area contributed by atoms with Crippen LogP contribution in [0.4, 0.5) is 25.0 Å². The number of nitrogens with zero attached hydrogens (tertiary/aromatic N) is 2. The molecule has 0 radical (unpaired) electrons. The van der Waals surface area contributed by atoms with Gasteiger partial charge in [0, 0.05) is 42.4 Å². The molecule has 3 heterocycles. The minimum atomic E-state index is -3.97. The average Bonchev–Trinajstić information content (AvgIpc) is 3.28. The van der Waals surface area contributed by atoms with E-state index in [0.717, 1.165) is 17.7 Å². The van der Waals surface area contributed by atoms with Gasteiger partial charge in [0.15, 0.2) is 11.5 Å². The molecular formula is C28H27F2N3O5S. The molecule has 1 saturated heterocycles. The highest BCUT2D eigenvalue weighted by molar-refractivity contribution is 7.92. The van der Waals surface area contributed by atoms with Crippen LogP contribution in [0.1, 0.15) is 30.4 Å². The molecule has 1 fully saturated rings. The summed E-state index contributed by atoms with van der Waals surface area (Å²) in [6.07, 6.45) is -1.52. The van der Waals surface area contributed by atoms with Crippen LogP contribution in [0.5, 0.6) is 11.5 Å². The Morgan fingerprint density at radius 2 is 1.62 bits per heavy atom. The lowest BCUT2D eigenvalue weighted by Crippen LogP contribution is -2.48. The van der Waals surface area contributed by atoms with Crippen molar-refractivity contribution in [3.05, 3.63) is 77.9 Å². The summed E-state index contributed by atoms with van der Waals surface area (Å²) < 4.78 is 65.8. The summed E-state index contributed by atoms with van der Waals surface area (Å²) in [5.74, 6) is 1.23. The molecule has 6 rings (SSSR count). The molecule has 3 aromatic carbocycles. The second-order valence-electron chi connectivity index (χ2n) is 9.95. The van der Waals surface area contributed by atoms with Crippen LogP contribution in [0.3, 0.4) is 0 Å². The van der Waals surface area contributed by atoms with E-state index in [-0.39, 0.29) is 23.0 Å². The van der Waals surface area contributed by atoms with Crippen LogP contribution >= 0.6 is 0 Å². The molecule has 0 atom stereocenters. The number of para-hydroxylation sites is 1. The Balaban J connectivity index is 1.18. The lowest BCUT2D eigenvalue weighted by atomic mass is 9.74. The molecule has 0 aromatic heterocycles. The highest BCUT2D eigenvalue weighted by Crippen LogP contribution is 2.49.